The third kappa shape index (κ3) is 2.02. The highest BCUT2D eigenvalue weighted by molar-refractivity contribution is 8.93. The van der Waals surface area contributed by atoms with Crippen molar-refractivity contribution in [2.45, 2.75) is 44.1 Å². The van der Waals surface area contributed by atoms with Crippen LogP contribution in [0.1, 0.15) is 38.5 Å². The van der Waals surface area contributed by atoms with Gasteiger partial charge in [0, 0.05) is 5.54 Å². The molecule has 4 rings (SSSR count). The van der Waals surface area contributed by atoms with Crippen molar-refractivity contribution in [3.05, 3.63) is 0 Å². The van der Waals surface area contributed by atoms with E-state index in [9.17, 15) is 4.79 Å². The van der Waals surface area contributed by atoms with E-state index < -0.39 is 0 Å². The predicted octanol–water partition coefficient (Wildman–Crippen LogP) is 1.61. The summed E-state index contributed by atoms with van der Waals surface area (Å²) in [5, 5.41) is 3.21. The smallest absolute Gasteiger partial charge is 0.234 e. The molecule has 16 heavy (non-hydrogen) atoms. The summed E-state index contributed by atoms with van der Waals surface area (Å²) in [5.74, 6) is 2.69. The number of halogens is 1. The normalized spacial score (nSPS) is 43.9. The van der Waals surface area contributed by atoms with Gasteiger partial charge in [-0.15, -0.1) is 17.0 Å². The molecule has 0 unspecified atom stereocenters. The average molecular weight is 289 g/mol. The van der Waals surface area contributed by atoms with Gasteiger partial charge in [0.25, 0.3) is 0 Å². The zero-order chi connectivity index (χ0) is 10.5. The number of hydrogen-bond donors (Lipinski definition) is 2. The van der Waals surface area contributed by atoms with Crippen LogP contribution in [0.3, 0.4) is 0 Å². The van der Waals surface area contributed by atoms with Gasteiger partial charge in [-0.05, 0) is 56.3 Å². The zero-order valence-corrected chi connectivity index (χ0v) is 11.3. The third-order valence-electron chi connectivity index (χ3n) is 4.63. The fourth-order valence-corrected chi connectivity index (χ4v) is 4.61. The minimum atomic E-state index is 0. The number of hydrogen-bond acceptors (Lipinski definition) is 2. The van der Waals surface area contributed by atoms with Crippen LogP contribution in [-0.4, -0.2) is 18.0 Å². The van der Waals surface area contributed by atoms with Crippen molar-refractivity contribution in [1.82, 2.24) is 5.32 Å². The second-order valence-corrected chi connectivity index (χ2v) is 5.95. The molecule has 1 amide bonds. The van der Waals surface area contributed by atoms with Crippen LogP contribution < -0.4 is 11.1 Å². The van der Waals surface area contributed by atoms with Gasteiger partial charge in [-0.3, -0.25) is 4.79 Å². The summed E-state index contributed by atoms with van der Waals surface area (Å²) in [6.07, 6.45) is 7.88. The first kappa shape index (κ1) is 12.4. The summed E-state index contributed by atoms with van der Waals surface area (Å²) < 4.78 is 0. The van der Waals surface area contributed by atoms with Gasteiger partial charge >= 0.3 is 0 Å². The van der Waals surface area contributed by atoms with E-state index in [0.717, 1.165) is 17.8 Å². The Labute approximate surface area is 107 Å². The molecule has 0 atom stereocenters. The lowest BCUT2D eigenvalue weighted by Gasteiger charge is -2.56. The quantitative estimate of drug-likeness (QED) is 0.811. The maximum absolute atomic E-state index is 11.5. The van der Waals surface area contributed by atoms with Crippen LogP contribution in [0.25, 0.3) is 0 Å². The molecule has 4 aliphatic rings. The summed E-state index contributed by atoms with van der Waals surface area (Å²) in [4.78, 5) is 11.5. The number of carbonyl (C=O) groups is 1. The molecule has 4 fully saturated rings. The number of amides is 1. The fraction of sp³-hybridized carbons (Fsp3) is 0.917. The van der Waals surface area contributed by atoms with Gasteiger partial charge in [0.1, 0.15) is 0 Å². The summed E-state index contributed by atoms with van der Waals surface area (Å²) in [6.45, 7) is 0.141. The van der Waals surface area contributed by atoms with Crippen LogP contribution in [0, 0.1) is 17.8 Å². The maximum Gasteiger partial charge on any atom is 0.234 e. The standard InChI is InChI=1S/C12H20N2O.BrH/c13-7-11(15)14-12-4-8-1-9(5-12)3-10(2-8)6-12;/h8-10H,1-7,13H2,(H,14,15);1H. The molecule has 0 saturated heterocycles. The van der Waals surface area contributed by atoms with Gasteiger partial charge in [-0.1, -0.05) is 0 Å². The predicted molar refractivity (Wildman–Crippen MR) is 68.4 cm³/mol. The van der Waals surface area contributed by atoms with E-state index in [1.165, 1.54) is 38.5 Å². The Balaban J connectivity index is 0.000000963. The molecule has 4 aliphatic carbocycles. The lowest BCUT2D eigenvalue weighted by molar-refractivity contribution is -0.125. The molecule has 0 aliphatic heterocycles. The highest BCUT2D eigenvalue weighted by Gasteiger charge is 2.51. The monoisotopic (exact) mass is 288 g/mol. The Morgan fingerprint density at radius 1 is 1.12 bits per heavy atom. The lowest BCUT2D eigenvalue weighted by Crippen LogP contribution is -2.60. The SMILES string of the molecule is Br.NCC(=O)NC12CC3CC(CC(C3)C1)C2. The molecular weight excluding hydrogens is 268 g/mol. The third-order valence-corrected chi connectivity index (χ3v) is 4.63. The van der Waals surface area contributed by atoms with E-state index in [2.05, 4.69) is 5.32 Å². The molecule has 0 spiro atoms. The molecule has 4 saturated carbocycles. The molecule has 92 valence electrons. The first-order chi connectivity index (χ1) is 7.19. The van der Waals surface area contributed by atoms with Crippen molar-refractivity contribution < 1.29 is 4.79 Å². The highest BCUT2D eigenvalue weighted by Crippen LogP contribution is 2.55. The molecule has 3 nitrogen and oxygen atoms in total. The molecule has 0 radical (unpaired) electrons. The second-order valence-electron chi connectivity index (χ2n) is 5.95. The number of nitrogens with two attached hydrogens (primary N) is 1. The first-order valence-corrected chi connectivity index (χ1v) is 6.20. The molecule has 4 heteroatoms. The summed E-state index contributed by atoms with van der Waals surface area (Å²) in [7, 11) is 0. The van der Waals surface area contributed by atoms with Gasteiger partial charge in [-0.2, -0.15) is 0 Å². The highest BCUT2D eigenvalue weighted by atomic mass is 79.9. The Morgan fingerprint density at radius 3 is 1.94 bits per heavy atom. The van der Waals surface area contributed by atoms with Crippen molar-refractivity contribution >= 4 is 22.9 Å². The van der Waals surface area contributed by atoms with E-state index >= 15 is 0 Å². The van der Waals surface area contributed by atoms with Crippen LogP contribution in [0.2, 0.25) is 0 Å². The number of nitrogens with one attached hydrogen (secondary N) is 1. The van der Waals surface area contributed by atoms with Gasteiger partial charge in [0.15, 0.2) is 0 Å². The van der Waals surface area contributed by atoms with E-state index in [0.29, 0.717) is 0 Å². The Morgan fingerprint density at radius 2 is 1.56 bits per heavy atom. The van der Waals surface area contributed by atoms with Crippen LogP contribution in [0.5, 0.6) is 0 Å². The van der Waals surface area contributed by atoms with Gasteiger partial charge in [-0.25, -0.2) is 0 Å². The molecular formula is C12H21BrN2O. The van der Waals surface area contributed by atoms with Crippen LogP contribution in [-0.2, 0) is 4.79 Å². The second kappa shape index (κ2) is 4.30. The average Bonchev–Trinajstić information content (AvgIpc) is 2.14. The molecule has 0 aromatic heterocycles. The van der Waals surface area contributed by atoms with Crippen LogP contribution in [0.4, 0.5) is 0 Å². The van der Waals surface area contributed by atoms with Crippen LogP contribution >= 0.6 is 17.0 Å². The number of rotatable bonds is 2. The molecule has 3 N–H and O–H groups in total. The van der Waals surface area contributed by atoms with Crippen molar-refractivity contribution in [2.24, 2.45) is 23.5 Å². The Hall–Kier alpha value is -0.0900. The fourth-order valence-electron chi connectivity index (χ4n) is 4.61. The molecule has 0 aromatic rings. The van der Waals surface area contributed by atoms with Crippen molar-refractivity contribution in [2.75, 3.05) is 6.54 Å². The largest absolute Gasteiger partial charge is 0.350 e. The van der Waals surface area contributed by atoms with E-state index in [-0.39, 0.29) is 35.0 Å². The molecule has 0 heterocycles. The zero-order valence-electron chi connectivity index (χ0n) is 9.58. The molecule has 0 aromatic carbocycles. The Kier molecular flexibility index (Phi) is 3.32. The van der Waals surface area contributed by atoms with Crippen molar-refractivity contribution in [1.29, 1.82) is 0 Å². The van der Waals surface area contributed by atoms with Crippen molar-refractivity contribution in [3.63, 3.8) is 0 Å². The summed E-state index contributed by atoms with van der Waals surface area (Å²) >= 11 is 0. The van der Waals surface area contributed by atoms with E-state index in [1.807, 2.05) is 0 Å². The van der Waals surface area contributed by atoms with Crippen molar-refractivity contribution in [3.8, 4) is 0 Å². The summed E-state index contributed by atoms with van der Waals surface area (Å²) in [5.41, 5.74) is 5.53. The summed E-state index contributed by atoms with van der Waals surface area (Å²) in [6, 6.07) is 0. The Bertz CT molecular complexity index is 257. The first-order valence-electron chi connectivity index (χ1n) is 6.20. The minimum absolute atomic E-state index is 0. The molecule has 4 bridgehead atoms. The van der Waals surface area contributed by atoms with E-state index in [4.69, 9.17) is 5.73 Å². The minimum Gasteiger partial charge on any atom is -0.350 e. The van der Waals surface area contributed by atoms with E-state index in [1.54, 1.807) is 0 Å². The number of carbonyl (C=O) groups excluding carboxylic acids is 1. The maximum atomic E-state index is 11.5. The lowest BCUT2D eigenvalue weighted by atomic mass is 9.53. The van der Waals surface area contributed by atoms with Gasteiger partial charge in [0.05, 0.1) is 6.54 Å². The topological polar surface area (TPSA) is 55.1 Å². The van der Waals surface area contributed by atoms with Gasteiger partial charge in [0.2, 0.25) is 5.91 Å². The van der Waals surface area contributed by atoms with Crippen LogP contribution in [0.15, 0.2) is 0 Å². The van der Waals surface area contributed by atoms with Gasteiger partial charge < -0.3 is 11.1 Å².